The topological polar surface area (TPSA) is 168 Å². The normalized spacial score (nSPS) is 20.4. The molecule has 13 nitrogen and oxygen atoms in total. The van der Waals surface area contributed by atoms with Crippen molar-refractivity contribution in [2.24, 2.45) is 23.5 Å². The zero-order chi connectivity index (χ0) is 65.7. The maximum Gasteiger partial charge on any atom is 0.309 e. The minimum absolute atomic E-state index is 0.0283. The fraction of sp³-hybridized carbons (Fsp3) is 0.603. The third-order valence-electron chi connectivity index (χ3n) is 20.5. The molecule has 11 rings (SSSR count). The second-order valence-corrected chi connectivity index (χ2v) is 32.3. The monoisotopic (exact) mass is 1350 g/mol. The van der Waals surface area contributed by atoms with Gasteiger partial charge in [-0.1, -0.05) is 135 Å². The average Bonchev–Trinajstić information content (AvgIpc) is 0.925. The van der Waals surface area contributed by atoms with Gasteiger partial charge in [0.1, 0.15) is 0 Å². The molecular formula is C73H101BrN6O7S3. The summed E-state index contributed by atoms with van der Waals surface area (Å²) < 4.78 is 10.1. The molecule has 0 spiro atoms. The molecule has 5 aromatic rings. The van der Waals surface area contributed by atoms with Crippen LogP contribution in [-0.4, -0.2) is 107 Å². The molecule has 2 aromatic heterocycles. The number of aliphatic carboxylic acids is 1. The zero-order valence-corrected chi connectivity index (χ0v) is 60.3. The number of anilines is 2. The summed E-state index contributed by atoms with van der Waals surface area (Å²) in [5.74, 6) is -0.781. The van der Waals surface area contributed by atoms with Crippen LogP contribution in [0.4, 0.5) is 10.3 Å². The number of ether oxygens (including phenoxy) is 2. The summed E-state index contributed by atoms with van der Waals surface area (Å²) in [5, 5.41) is 16.4. The number of carbonyl (C=O) groups is 4. The minimum atomic E-state index is -0.668. The maximum absolute atomic E-state index is 12.0. The van der Waals surface area contributed by atoms with E-state index >= 15 is 0 Å². The largest absolute Gasteiger partial charge is 0.481 e. The van der Waals surface area contributed by atoms with E-state index in [2.05, 4.69) is 168 Å². The average molecular weight is 1350 g/mol. The number of piperidine rings is 3. The lowest BCUT2D eigenvalue weighted by molar-refractivity contribution is -0.149. The Bertz CT molecular complexity index is 3360. The van der Waals surface area contributed by atoms with Gasteiger partial charge in [-0.05, 0) is 187 Å². The number of rotatable bonds is 11. The van der Waals surface area contributed by atoms with Crippen molar-refractivity contribution in [2.45, 2.75) is 206 Å². The molecule has 3 fully saturated rings. The number of alkyl halides is 1. The first-order valence-electron chi connectivity index (χ1n) is 32.9. The van der Waals surface area contributed by atoms with Gasteiger partial charge in [0.05, 0.1) is 47.7 Å². The molecule has 0 bridgehead atoms. The Balaban J connectivity index is 0.000000161. The van der Waals surface area contributed by atoms with Crippen molar-refractivity contribution in [1.29, 1.82) is 0 Å². The molecule has 90 heavy (non-hydrogen) atoms. The third kappa shape index (κ3) is 16.6. The number of halogens is 1. The molecule has 3 aromatic carbocycles. The molecular weight excluding hydrogens is 1250 g/mol. The van der Waals surface area contributed by atoms with E-state index in [4.69, 9.17) is 37.4 Å². The van der Waals surface area contributed by atoms with Crippen molar-refractivity contribution >= 4 is 89.9 Å². The van der Waals surface area contributed by atoms with Crippen LogP contribution in [-0.2, 0) is 56.3 Å². The van der Waals surface area contributed by atoms with Crippen molar-refractivity contribution < 1.29 is 33.8 Å². The predicted octanol–water partition coefficient (Wildman–Crippen LogP) is 16.5. The highest BCUT2D eigenvalue weighted by Gasteiger charge is 2.40. The van der Waals surface area contributed by atoms with Crippen LogP contribution in [0.2, 0.25) is 0 Å². The van der Waals surface area contributed by atoms with Gasteiger partial charge in [-0.15, -0.1) is 22.7 Å². The second-order valence-electron chi connectivity index (χ2n) is 29.6. The van der Waals surface area contributed by atoms with Crippen LogP contribution in [0.5, 0.6) is 0 Å². The molecule has 0 saturated carbocycles. The van der Waals surface area contributed by atoms with Crippen LogP contribution in [0.15, 0.2) is 65.4 Å². The molecule has 0 unspecified atom stereocenters. The van der Waals surface area contributed by atoms with Crippen LogP contribution >= 0.6 is 50.8 Å². The van der Waals surface area contributed by atoms with Gasteiger partial charge in [0.15, 0.2) is 21.2 Å². The Kier molecular flexibility index (Phi) is 22.7. The summed E-state index contributed by atoms with van der Waals surface area (Å²) in [7, 11) is 0. The SMILES string of the molecule is CC1(C)CCC(C)(C)c2cc(-c3csc(N4CCC(C(=O)O)CC4)n3)ccc21.CC1(C)CCC(C)(C)c2cc(C(=O)CBr)ccc21.CCOC(=O)C1CCN(C(N)=S)CC1.CCOC(=O)C1CCN(c2nc(-c3ccc4c(c3)C(C)(C)CCC4(C)C)cs2)CC1. The van der Waals surface area contributed by atoms with E-state index in [1.54, 1.807) is 22.7 Å². The molecule has 3 saturated heterocycles. The van der Waals surface area contributed by atoms with E-state index in [1.165, 1.54) is 83.0 Å². The summed E-state index contributed by atoms with van der Waals surface area (Å²) in [5.41, 5.74) is 20.7. The lowest BCUT2D eigenvalue weighted by atomic mass is 9.63. The van der Waals surface area contributed by atoms with Crippen LogP contribution in [0.3, 0.4) is 0 Å². The summed E-state index contributed by atoms with van der Waals surface area (Å²) >= 11 is 11.5. The quantitative estimate of drug-likeness (QED) is 0.0554. The Morgan fingerprint density at radius 1 is 0.533 bits per heavy atom. The highest BCUT2D eigenvalue weighted by atomic mass is 79.9. The number of nitrogens with zero attached hydrogens (tertiary/aromatic N) is 5. The maximum atomic E-state index is 12.0. The lowest BCUT2D eigenvalue weighted by Gasteiger charge is -2.42. The predicted molar refractivity (Wildman–Crippen MR) is 377 cm³/mol. The number of carbonyl (C=O) groups excluding carboxylic acids is 3. The molecule has 6 aliphatic rings. The number of Topliss-reactive ketones (excluding diaryl/α,β-unsaturated/α-hetero) is 1. The number of thiocarbonyl (C=S) groups is 1. The summed E-state index contributed by atoms with van der Waals surface area (Å²) in [6.07, 6.45) is 11.9. The fourth-order valence-corrected chi connectivity index (χ4v) is 16.2. The van der Waals surface area contributed by atoms with Gasteiger partial charge >= 0.3 is 17.9 Å². The highest BCUT2D eigenvalue weighted by molar-refractivity contribution is 9.09. The van der Waals surface area contributed by atoms with Gasteiger partial charge in [-0.25, -0.2) is 9.97 Å². The Morgan fingerprint density at radius 3 is 1.21 bits per heavy atom. The van der Waals surface area contributed by atoms with Gasteiger partial charge in [-0.2, -0.15) is 0 Å². The van der Waals surface area contributed by atoms with Crippen molar-refractivity contribution in [3.63, 3.8) is 0 Å². The number of aromatic nitrogens is 2. The first kappa shape index (κ1) is 70.6. The van der Waals surface area contributed by atoms with Crippen LogP contribution < -0.4 is 15.5 Å². The lowest BCUT2D eigenvalue weighted by Crippen LogP contribution is -2.43. The number of thiazole rings is 2. The molecule has 5 heterocycles. The molecule has 0 amide bonds. The van der Waals surface area contributed by atoms with Crippen molar-refractivity contribution in [3.8, 4) is 22.5 Å². The number of carboxylic acids is 1. The van der Waals surface area contributed by atoms with Crippen molar-refractivity contribution in [1.82, 2.24) is 14.9 Å². The third-order valence-corrected chi connectivity index (χ3v) is 23.1. The standard InChI is InChI=1S/C25H34N2O2S.C23H30N2O2S.C16H21BrO.C9H16N2O2S/c1-6-29-22(28)17-9-13-27(14-10-17)23-26-21(16-30-23)18-7-8-19-20(15-18)25(4,5)12-11-24(19,2)3;1-22(2)9-10-23(3,4)18-13-16(5-6-17(18)22)19-14-28-21(24-19)25-11-7-15(8-12-25)20(26)27;1-15(2)7-8-16(3,4)13-9-11(14(18)10-17)5-6-12(13)15;1-2-13-8(12)7-3-5-11(6-4-7)9(10)14/h7-8,15-17H,6,9-14H2,1-5H3;5-6,13-15H,7-12H2,1-4H3,(H,26,27);5-6,9H,7-8,10H2,1-4H3;7H,2-6H2,1H3,(H2,10,14). The number of ketones is 1. The Morgan fingerprint density at radius 2 is 0.867 bits per heavy atom. The fourth-order valence-electron chi connectivity index (χ4n) is 13.9. The van der Waals surface area contributed by atoms with Gasteiger partial charge in [0, 0.05) is 66.7 Å². The molecule has 490 valence electrons. The smallest absolute Gasteiger partial charge is 0.309 e. The minimum Gasteiger partial charge on any atom is -0.481 e. The summed E-state index contributed by atoms with van der Waals surface area (Å²) in [6, 6.07) is 20.1. The number of hydrogen-bond acceptors (Lipinski definition) is 13. The van der Waals surface area contributed by atoms with E-state index in [9.17, 15) is 24.3 Å². The molecule has 3 aliphatic carbocycles. The van der Waals surface area contributed by atoms with Gasteiger partial charge in [0.25, 0.3) is 0 Å². The number of benzene rings is 3. The van der Waals surface area contributed by atoms with Crippen LogP contribution in [0.1, 0.15) is 218 Å². The van der Waals surface area contributed by atoms with Gasteiger partial charge < -0.3 is 35.0 Å². The number of likely N-dealkylation sites (tertiary alicyclic amines) is 1. The van der Waals surface area contributed by atoms with E-state index in [1.807, 2.05) is 24.8 Å². The number of nitrogens with two attached hydrogens (primary N) is 1. The number of esters is 2. The summed E-state index contributed by atoms with van der Waals surface area (Å²) in [6.45, 7) is 37.4. The van der Waals surface area contributed by atoms with Gasteiger partial charge in [0.2, 0.25) is 0 Å². The van der Waals surface area contributed by atoms with E-state index in [-0.39, 0.29) is 68.0 Å². The molecule has 3 aliphatic heterocycles. The molecule has 0 atom stereocenters. The number of carboxylic acid groups (broad SMARTS) is 1. The first-order chi connectivity index (χ1) is 42.3. The van der Waals surface area contributed by atoms with Gasteiger partial charge in [-0.3, -0.25) is 19.2 Å². The van der Waals surface area contributed by atoms with E-state index < -0.39 is 5.97 Å². The summed E-state index contributed by atoms with van der Waals surface area (Å²) in [4.78, 5) is 62.7. The van der Waals surface area contributed by atoms with Crippen molar-refractivity contribution in [3.05, 3.63) is 104 Å². The Hall–Kier alpha value is -5.23. The number of fused-ring (bicyclic) bond motifs is 3. The highest BCUT2D eigenvalue weighted by Crippen LogP contribution is 2.50. The van der Waals surface area contributed by atoms with E-state index in [0.29, 0.717) is 36.5 Å². The number of hydrogen-bond donors (Lipinski definition) is 2. The molecule has 17 heteroatoms. The van der Waals surface area contributed by atoms with Crippen molar-refractivity contribution in [2.75, 3.05) is 67.6 Å². The second kappa shape index (κ2) is 29.0. The Labute approximate surface area is 559 Å². The van der Waals surface area contributed by atoms with E-state index in [0.717, 1.165) is 92.2 Å². The first-order valence-corrected chi connectivity index (χ1v) is 36.2. The molecule has 0 radical (unpaired) electrons. The molecule has 3 N–H and O–H groups in total. The van der Waals surface area contributed by atoms with Crippen LogP contribution in [0, 0.1) is 17.8 Å². The van der Waals surface area contributed by atoms with Crippen LogP contribution in [0.25, 0.3) is 22.5 Å². The zero-order valence-electron chi connectivity index (χ0n) is 56.2.